The van der Waals surface area contributed by atoms with Crippen LogP contribution < -0.4 is 5.32 Å². The molecular weight excluding hydrogens is 154 g/mol. The molecule has 4 heteroatoms. The Morgan fingerprint density at radius 3 is 2.58 bits per heavy atom. The molecule has 0 atom stereocenters. The van der Waals surface area contributed by atoms with Gasteiger partial charge in [-0.2, -0.15) is 0 Å². The number of rotatable bonds is 3. The molecule has 1 aliphatic carbocycles. The molecule has 1 aromatic heterocycles. The molecule has 0 aliphatic heterocycles. The van der Waals surface area contributed by atoms with Crippen LogP contribution in [0.25, 0.3) is 0 Å². The molecule has 1 heterocycles. The molecular formula is C8H11N3O. The first-order valence-electron chi connectivity index (χ1n) is 4.07. The number of nitrogens with one attached hydrogen (secondary N) is 1. The van der Waals surface area contributed by atoms with Crippen molar-refractivity contribution in [2.24, 2.45) is 0 Å². The second-order valence-corrected chi connectivity index (χ2v) is 2.99. The van der Waals surface area contributed by atoms with Crippen LogP contribution in [0.2, 0.25) is 0 Å². The molecule has 0 bridgehead atoms. The maximum Gasteiger partial charge on any atom is 0.222 e. The molecule has 2 N–H and O–H groups in total. The lowest BCUT2D eigenvalue weighted by atomic mass is 10.4. The van der Waals surface area contributed by atoms with E-state index < -0.39 is 0 Å². The predicted molar refractivity (Wildman–Crippen MR) is 44.6 cm³/mol. The second kappa shape index (κ2) is 3.06. The Balaban J connectivity index is 2.02. The van der Waals surface area contributed by atoms with Gasteiger partial charge < -0.3 is 10.4 Å². The number of anilines is 1. The summed E-state index contributed by atoms with van der Waals surface area (Å²) >= 11 is 0. The van der Waals surface area contributed by atoms with Crippen molar-refractivity contribution in [3.05, 3.63) is 18.0 Å². The average molecular weight is 165 g/mol. The van der Waals surface area contributed by atoms with Gasteiger partial charge in [0.1, 0.15) is 0 Å². The average Bonchev–Trinajstić information content (AvgIpc) is 2.90. The SMILES string of the molecule is OCc1cnc(NC2CC2)nc1. The van der Waals surface area contributed by atoms with Gasteiger partial charge in [0.2, 0.25) is 5.95 Å². The van der Waals surface area contributed by atoms with Gasteiger partial charge in [0.15, 0.2) is 0 Å². The smallest absolute Gasteiger partial charge is 0.222 e. The molecule has 1 aliphatic rings. The van der Waals surface area contributed by atoms with Crippen molar-refractivity contribution in [2.75, 3.05) is 5.32 Å². The van der Waals surface area contributed by atoms with Crippen molar-refractivity contribution >= 4 is 5.95 Å². The van der Waals surface area contributed by atoms with Gasteiger partial charge in [0, 0.05) is 24.0 Å². The van der Waals surface area contributed by atoms with E-state index in [9.17, 15) is 0 Å². The Kier molecular flexibility index (Phi) is 1.91. The molecule has 0 spiro atoms. The van der Waals surface area contributed by atoms with E-state index >= 15 is 0 Å². The van der Waals surface area contributed by atoms with E-state index in [1.807, 2.05) is 0 Å². The lowest BCUT2D eigenvalue weighted by molar-refractivity contribution is 0.281. The molecule has 1 aromatic rings. The Bertz CT molecular complexity index is 256. The first kappa shape index (κ1) is 7.49. The number of hydrogen-bond acceptors (Lipinski definition) is 4. The summed E-state index contributed by atoms with van der Waals surface area (Å²) in [5, 5.41) is 11.9. The summed E-state index contributed by atoms with van der Waals surface area (Å²) in [5.41, 5.74) is 0.747. The van der Waals surface area contributed by atoms with Crippen molar-refractivity contribution in [1.82, 2.24) is 9.97 Å². The lowest BCUT2D eigenvalue weighted by Crippen LogP contribution is -2.05. The number of nitrogens with zero attached hydrogens (tertiary/aromatic N) is 2. The predicted octanol–water partition coefficient (Wildman–Crippen LogP) is 0.543. The van der Waals surface area contributed by atoms with Crippen LogP contribution in [-0.4, -0.2) is 21.1 Å². The number of aromatic nitrogens is 2. The second-order valence-electron chi connectivity index (χ2n) is 2.99. The number of aliphatic hydroxyl groups excluding tert-OH is 1. The van der Waals surface area contributed by atoms with Gasteiger partial charge in [-0.15, -0.1) is 0 Å². The van der Waals surface area contributed by atoms with Crippen LogP contribution in [0.1, 0.15) is 18.4 Å². The Labute approximate surface area is 70.7 Å². The maximum absolute atomic E-state index is 8.72. The molecule has 1 fully saturated rings. The minimum Gasteiger partial charge on any atom is -0.392 e. The third-order valence-electron chi connectivity index (χ3n) is 1.80. The van der Waals surface area contributed by atoms with Crippen LogP contribution in [-0.2, 0) is 6.61 Å². The fraction of sp³-hybridized carbons (Fsp3) is 0.500. The zero-order chi connectivity index (χ0) is 8.39. The van der Waals surface area contributed by atoms with E-state index in [-0.39, 0.29) is 6.61 Å². The summed E-state index contributed by atoms with van der Waals surface area (Å²) in [6, 6.07) is 0.574. The highest BCUT2D eigenvalue weighted by molar-refractivity contribution is 5.28. The zero-order valence-corrected chi connectivity index (χ0v) is 6.70. The van der Waals surface area contributed by atoms with Gasteiger partial charge in [-0.05, 0) is 12.8 Å². The van der Waals surface area contributed by atoms with E-state index in [1.165, 1.54) is 12.8 Å². The molecule has 0 aromatic carbocycles. The molecule has 64 valence electrons. The molecule has 0 unspecified atom stereocenters. The fourth-order valence-corrected chi connectivity index (χ4v) is 0.921. The molecule has 2 rings (SSSR count). The highest BCUT2D eigenvalue weighted by Gasteiger charge is 2.21. The van der Waals surface area contributed by atoms with Crippen LogP contribution in [0.4, 0.5) is 5.95 Å². The van der Waals surface area contributed by atoms with Crippen LogP contribution in [0.5, 0.6) is 0 Å². The first-order chi connectivity index (χ1) is 5.88. The van der Waals surface area contributed by atoms with Crippen molar-refractivity contribution in [1.29, 1.82) is 0 Å². The van der Waals surface area contributed by atoms with Crippen molar-refractivity contribution < 1.29 is 5.11 Å². The van der Waals surface area contributed by atoms with Gasteiger partial charge in [-0.25, -0.2) is 9.97 Å². The number of aliphatic hydroxyl groups is 1. The van der Waals surface area contributed by atoms with Gasteiger partial charge in [0.05, 0.1) is 6.61 Å². The standard InChI is InChI=1S/C8H11N3O/c12-5-6-3-9-8(10-4-6)11-7-1-2-7/h3-4,7,12H,1-2,5H2,(H,9,10,11). The Hall–Kier alpha value is -1.16. The Morgan fingerprint density at radius 1 is 1.42 bits per heavy atom. The van der Waals surface area contributed by atoms with Crippen LogP contribution in [0.15, 0.2) is 12.4 Å². The summed E-state index contributed by atoms with van der Waals surface area (Å²) in [7, 11) is 0. The lowest BCUT2D eigenvalue weighted by Gasteiger charge is -2.01. The highest BCUT2D eigenvalue weighted by atomic mass is 16.3. The summed E-state index contributed by atoms with van der Waals surface area (Å²) < 4.78 is 0. The van der Waals surface area contributed by atoms with Gasteiger partial charge >= 0.3 is 0 Å². The molecule has 0 amide bonds. The minimum absolute atomic E-state index is 0.00368. The van der Waals surface area contributed by atoms with Crippen LogP contribution in [0, 0.1) is 0 Å². The van der Waals surface area contributed by atoms with Gasteiger partial charge in [-0.1, -0.05) is 0 Å². The van der Waals surface area contributed by atoms with E-state index in [4.69, 9.17) is 5.11 Å². The molecule has 0 saturated heterocycles. The summed E-state index contributed by atoms with van der Waals surface area (Å²) in [5.74, 6) is 0.662. The van der Waals surface area contributed by atoms with Crippen molar-refractivity contribution in [3.63, 3.8) is 0 Å². The van der Waals surface area contributed by atoms with E-state index in [1.54, 1.807) is 12.4 Å². The van der Waals surface area contributed by atoms with Gasteiger partial charge in [-0.3, -0.25) is 0 Å². The largest absolute Gasteiger partial charge is 0.392 e. The van der Waals surface area contributed by atoms with E-state index in [0.717, 1.165) is 5.56 Å². The zero-order valence-electron chi connectivity index (χ0n) is 6.70. The highest BCUT2D eigenvalue weighted by Crippen LogP contribution is 2.22. The normalized spacial score (nSPS) is 16.1. The van der Waals surface area contributed by atoms with Crippen LogP contribution in [0.3, 0.4) is 0 Å². The molecule has 1 saturated carbocycles. The van der Waals surface area contributed by atoms with Gasteiger partial charge in [0.25, 0.3) is 0 Å². The Morgan fingerprint density at radius 2 is 2.08 bits per heavy atom. The van der Waals surface area contributed by atoms with Crippen molar-refractivity contribution in [3.8, 4) is 0 Å². The maximum atomic E-state index is 8.72. The molecule has 0 radical (unpaired) electrons. The monoisotopic (exact) mass is 165 g/mol. The summed E-state index contributed by atoms with van der Waals surface area (Å²) in [6.45, 7) is 0.00368. The van der Waals surface area contributed by atoms with Crippen molar-refractivity contribution in [2.45, 2.75) is 25.5 Å². The third-order valence-corrected chi connectivity index (χ3v) is 1.80. The minimum atomic E-state index is 0.00368. The third kappa shape index (κ3) is 1.71. The molecule has 4 nitrogen and oxygen atoms in total. The summed E-state index contributed by atoms with van der Waals surface area (Å²) in [4.78, 5) is 8.09. The molecule has 12 heavy (non-hydrogen) atoms. The first-order valence-corrected chi connectivity index (χ1v) is 4.07. The number of hydrogen-bond donors (Lipinski definition) is 2. The topological polar surface area (TPSA) is 58.0 Å². The quantitative estimate of drug-likeness (QED) is 0.686. The van der Waals surface area contributed by atoms with Crippen LogP contribution >= 0.6 is 0 Å². The van der Waals surface area contributed by atoms with E-state index in [2.05, 4.69) is 15.3 Å². The summed E-state index contributed by atoms with van der Waals surface area (Å²) in [6.07, 6.45) is 5.70. The van der Waals surface area contributed by atoms with E-state index in [0.29, 0.717) is 12.0 Å². The fourth-order valence-electron chi connectivity index (χ4n) is 0.921.